The molecule has 0 aliphatic carbocycles. The molecule has 3 aromatic rings. The number of hydrogen-bond donors (Lipinski definition) is 0. The van der Waals surface area contributed by atoms with Crippen molar-refractivity contribution in [2.24, 2.45) is 0 Å². The van der Waals surface area contributed by atoms with Crippen LogP contribution in [-0.4, -0.2) is 46.7 Å². The molecule has 0 spiro atoms. The molecule has 5 nitrogen and oxygen atoms in total. The Bertz CT molecular complexity index is 1170. The molecule has 2 aromatic carbocycles. The Hall–Kier alpha value is -2.99. The minimum absolute atomic E-state index is 0.0279. The number of aromatic nitrogens is 1. The second-order valence-corrected chi connectivity index (χ2v) is 10.5. The zero-order valence-electron chi connectivity index (χ0n) is 21.2. The minimum Gasteiger partial charge on any atom is -0.342 e. The van der Waals surface area contributed by atoms with Crippen molar-refractivity contribution in [3.05, 3.63) is 86.9 Å². The molecule has 1 aliphatic heterocycles. The summed E-state index contributed by atoms with van der Waals surface area (Å²) in [5, 5.41) is 2.90. The highest BCUT2D eigenvalue weighted by molar-refractivity contribution is 7.09. The molecule has 0 bridgehead atoms. The minimum atomic E-state index is -0.0376. The Morgan fingerprint density at radius 2 is 1.83 bits per heavy atom. The van der Waals surface area contributed by atoms with Crippen LogP contribution in [0.5, 0.6) is 0 Å². The van der Waals surface area contributed by atoms with E-state index in [9.17, 15) is 9.59 Å². The number of likely N-dealkylation sites (tertiary alicyclic amines) is 1. The van der Waals surface area contributed by atoms with Gasteiger partial charge in [0.15, 0.2) is 0 Å². The smallest absolute Gasteiger partial charge is 0.273 e. The third-order valence-corrected chi connectivity index (χ3v) is 8.15. The molecule has 184 valence electrons. The highest BCUT2D eigenvalue weighted by Gasteiger charge is 2.28. The van der Waals surface area contributed by atoms with Crippen molar-refractivity contribution in [3.8, 4) is 0 Å². The lowest BCUT2D eigenvalue weighted by molar-refractivity contribution is -0.131. The Kier molecular flexibility index (Phi) is 8.01. The standard InChI is InChI=1S/C29H35N3O2S/c1-5-26(22-9-7-6-8-10-22)31(4)29(34)25-19-35-28(30-25)23-13-15-32(16-14-23)27(33)18-24-17-20(2)11-12-21(24)3/h6-12,17,19,23,26H,5,13-16,18H2,1-4H3/t26-/m1/s1. The summed E-state index contributed by atoms with van der Waals surface area (Å²) in [7, 11) is 1.86. The Balaban J connectivity index is 1.35. The molecule has 0 radical (unpaired) electrons. The van der Waals surface area contributed by atoms with Gasteiger partial charge in [-0.2, -0.15) is 0 Å². The molecule has 4 rings (SSSR count). The summed E-state index contributed by atoms with van der Waals surface area (Å²) in [6.45, 7) is 7.71. The van der Waals surface area contributed by atoms with Gasteiger partial charge in [0.25, 0.3) is 5.91 Å². The summed E-state index contributed by atoms with van der Waals surface area (Å²) in [5.41, 5.74) is 5.13. The van der Waals surface area contributed by atoms with Crippen LogP contribution < -0.4 is 0 Å². The van der Waals surface area contributed by atoms with E-state index >= 15 is 0 Å². The fraction of sp³-hybridized carbons (Fsp3) is 0.414. The zero-order chi connectivity index (χ0) is 24.9. The van der Waals surface area contributed by atoms with E-state index in [-0.39, 0.29) is 17.9 Å². The second kappa shape index (κ2) is 11.2. The lowest BCUT2D eigenvalue weighted by Gasteiger charge is -2.31. The first kappa shape index (κ1) is 25.1. The molecular weight excluding hydrogens is 454 g/mol. The Morgan fingerprint density at radius 3 is 2.51 bits per heavy atom. The van der Waals surface area contributed by atoms with Crippen molar-refractivity contribution in [1.29, 1.82) is 0 Å². The van der Waals surface area contributed by atoms with Gasteiger partial charge in [0, 0.05) is 31.4 Å². The second-order valence-electron chi connectivity index (χ2n) is 9.58. The highest BCUT2D eigenvalue weighted by Crippen LogP contribution is 2.32. The maximum Gasteiger partial charge on any atom is 0.273 e. The molecular formula is C29H35N3O2S. The van der Waals surface area contributed by atoms with Crippen molar-refractivity contribution in [3.63, 3.8) is 0 Å². The Morgan fingerprint density at radius 1 is 1.11 bits per heavy atom. The maximum atomic E-state index is 13.2. The summed E-state index contributed by atoms with van der Waals surface area (Å²) in [5.74, 6) is 0.456. The number of benzene rings is 2. The summed E-state index contributed by atoms with van der Waals surface area (Å²) >= 11 is 1.57. The van der Waals surface area contributed by atoms with E-state index in [1.54, 1.807) is 11.3 Å². The first-order valence-electron chi connectivity index (χ1n) is 12.5. The van der Waals surface area contributed by atoms with Crippen molar-refractivity contribution in [2.75, 3.05) is 20.1 Å². The number of hydrogen-bond acceptors (Lipinski definition) is 4. The average Bonchev–Trinajstić information content (AvgIpc) is 3.37. The Labute approximate surface area is 212 Å². The van der Waals surface area contributed by atoms with Crippen molar-refractivity contribution in [2.45, 2.75) is 58.4 Å². The van der Waals surface area contributed by atoms with E-state index in [1.165, 1.54) is 11.1 Å². The summed E-state index contributed by atoms with van der Waals surface area (Å²) in [6, 6.07) is 16.5. The molecule has 6 heteroatoms. The van der Waals surface area contributed by atoms with E-state index in [2.05, 4.69) is 51.1 Å². The van der Waals surface area contributed by atoms with Crippen LogP contribution in [0.25, 0.3) is 0 Å². The van der Waals surface area contributed by atoms with Crippen LogP contribution in [0.1, 0.15) is 75.9 Å². The molecule has 0 N–H and O–H groups in total. The van der Waals surface area contributed by atoms with Crippen molar-refractivity contribution in [1.82, 2.24) is 14.8 Å². The fourth-order valence-electron chi connectivity index (χ4n) is 4.95. The van der Waals surface area contributed by atoms with Gasteiger partial charge >= 0.3 is 0 Å². The third kappa shape index (κ3) is 5.81. The monoisotopic (exact) mass is 489 g/mol. The normalized spacial score (nSPS) is 15.1. The van der Waals surface area contributed by atoms with Gasteiger partial charge in [-0.1, -0.05) is 61.0 Å². The number of rotatable bonds is 7. The van der Waals surface area contributed by atoms with Gasteiger partial charge in [0.2, 0.25) is 5.91 Å². The van der Waals surface area contributed by atoms with Gasteiger partial charge in [-0.3, -0.25) is 9.59 Å². The number of aryl methyl sites for hydroxylation is 2. The maximum absolute atomic E-state index is 13.2. The van der Waals surface area contributed by atoms with Crippen LogP contribution in [0.4, 0.5) is 0 Å². The average molecular weight is 490 g/mol. The first-order chi connectivity index (χ1) is 16.9. The van der Waals surface area contributed by atoms with Crippen molar-refractivity contribution < 1.29 is 9.59 Å². The lowest BCUT2D eigenvalue weighted by Crippen LogP contribution is -2.38. The predicted octanol–water partition coefficient (Wildman–Crippen LogP) is 5.93. The van der Waals surface area contributed by atoms with E-state index < -0.39 is 0 Å². The van der Waals surface area contributed by atoms with Crippen LogP contribution in [-0.2, 0) is 11.2 Å². The lowest BCUT2D eigenvalue weighted by atomic mass is 9.96. The van der Waals surface area contributed by atoms with Crippen LogP contribution in [0, 0.1) is 13.8 Å². The van der Waals surface area contributed by atoms with E-state index in [0.29, 0.717) is 18.0 Å². The summed E-state index contributed by atoms with van der Waals surface area (Å²) < 4.78 is 0. The fourth-order valence-corrected chi connectivity index (χ4v) is 5.91. The third-order valence-electron chi connectivity index (χ3n) is 7.14. The molecule has 1 aromatic heterocycles. The highest BCUT2D eigenvalue weighted by atomic mass is 32.1. The molecule has 1 saturated heterocycles. The van der Waals surface area contributed by atoms with Crippen LogP contribution in [0.3, 0.4) is 0 Å². The molecule has 0 saturated carbocycles. The molecule has 0 unspecified atom stereocenters. The largest absolute Gasteiger partial charge is 0.342 e. The van der Waals surface area contributed by atoms with Gasteiger partial charge in [-0.15, -0.1) is 11.3 Å². The van der Waals surface area contributed by atoms with E-state index in [4.69, 9.17) is 4.98 Å². The number of amides is 2. The number of piperidine rings is 1. The van der Waals surface area contributed by atoms with E-state index in [1.807, 2.05) is 40.4 Å². The molecule has 1 atom stereocenters. The van der Waals surface area contributed by atoms with Gasteiger partial charge in [-0.05, 0) is 49.8 Å². The summed E-state index contributed by atoms with van der Waals surface area (Å²) in [6.07, 6.45) is 3.08. The molecule has 1 fully saturated rings. The number of nitrogens with zero attached hydrogens (tertiary/aromatic N) is 3. The van der Waals surface area contributed by atoms with Crippen LogP contribution >= 0.6 is 11.3 Å². The molecule has 2 amide bonds. The molecule has 1 aliphatic rings. The van der Waals surface area contributed by atoms with Crippen LogP contribution in [0.2, 0.25) is 0 Å². The van der Waals surface area contributed by atoms with E-state index in [0.717, 1.165) is 48.5 Å². The number of thiazole rings is 1. The number of carbonyl (C=O) groups is 2. The molecule has 2 heterocycles. The van der Waals surface area contributed by atoms with Gasteiger partial charge in [0.05, 0.1) is 17.5 Å². The SMILES string of the molecule is CC[C@H](c1ccccc1)N(C)C(=O)c1csc(C2CCN(C(=O)Cc3cc(C)ccc3C)CC2)n1. The quantitative estimate of drug-likeness (QED) is 0.413. The topological polar surface area (TPSA) is 53.5 Å². The predicted molar refractivity (Wildman–Crippen MR) is 142 cm³/mol. The van der Waals surface area contributed by atoms with Gasteiger partial charge in [0.1, 0.15) is 5.69 Å². The number of carbonyl (C=O) groups excluding carboxylic acids is 2. The van der Waals surface area contributed by atoms with Crippen molar-refractivity contribution >= 4 is 23.2 Å². The van der Waals surface area contributed by atoms with Gasteiger partial charge < -0.3 is 9.80 Å². The van der Waals surface area contributed by atoms with Gasteiger partial charge in [-0.25, -0.2) is 4.98 Å². The van der Waals surface area contributed by atoms with Crippen LogP contribution in [0.15, 0.2) is 53.9 Å². The summed E-state index contributed by atoms with van der Waals surface area (Å²) in [4.78, 5) is 34.7. The zero-order valence-corrected chi connectivity index (χ0v) is 22.0. The molecule has 35 heavy (non-hydrogen) atoms. The first-order valence-corrected chi connectivity index (χ1v) is 13.4.